The second kappa shape index (κ2) is 10.9. The molecule has 2 aromatic rings. The molecule has 0 N–H and O–H groups in total. The van der Waals surface area contributed by atoms with E-state index in [0.717, 1.165) is 35.9 Å². The Balaban J connectivity index is 1.46. The van der Waals surface area contributed by atoms with Gasteiger partial charge in [-0.3, -0.25) is 19.3 Å². The third kappa shape index (κ3) is 5.64. The maximum atomic E-state index is 13.8. The quantitative estimate of drug-likeness (QED) is 0.409. The number of halogens is 3. The number of hydrogen-bond acceptors (Lipinski definition) is 5. The van der Waals surface area contributed by atoms with Gasteiger partial charge >= 0.3 is 0 Å². The van der Waals surface area contributed by atoms with Gasteiger partial charge in [-0.1, -0.05) is 29.8 Å². The van der Waals surface area contributed by atoms with E-state index < -0.39 is 11.1 Å². The van der Waals surface area contributed by atoms with Crippen molar-refractivity contribution < 1.29 is 23.5 Å². The molecule has 0 atom stereocenters. The minimum Gasteiger partial charge on any atom is -0.486 e. The van der Waals surface area contributed by atoms with E-state index in [1.807, 2.05) is 0 Å². The molecule has 2 fully saturated rings. The number of amides is 3. The van der Waals surface area contributed by atoms with Crippen LogP contribution in [0.5, 0.6) is 5.75 Å². The van der Waals surface area contributed by atoms with Gasteiger partial charge in [0.2, 0.25) is 5.91 Å². The smallest absolute Gasteiger partial charge is 0.294 e. The Morgan fingerprint density at radius 3 is 2.62 bits per heavy atom. The van der Waals surface area contributed by atoms with Crippen LogP contribution in [0.2, 0.25) is 5.02 Å². The van der Waals surface area contributed by atoms with Crippen LogP contribution in [0, 0.1) is 5.82 Å². The first-order valence-corrected chi connectivity index (χ1v) is 12.7. The highest BCUT2D eigenvalue weighted by Crippen LogP contribution is 2.38. The number of piperidine rings is 1. The molecule has 0 bridgehead atoms. The van der Waals surface area contributed by atoms with Crippen LogP contribution in [0.3, 0.4) is 0 Å². The number of ether oxygens (including phenoxy) is 1. The second-order valence-electron chi connectivity index (χ2n) is 7.90. The van der Waals surface area contributed by atoms with E-state index in [1.165, 1.54) is 6.07 Å². The molecule has 2 heterocycles. The fourth-order valence-electron chi connectivity index (χ4n) is 3.73. The third-order valence-electron chi connectivity index (χ3n) is 5.52. The van der Waals surface area contributed by atoms with Crippen LogP contribution in [0.4, 0.5) is 9.18 Å². The van der Waals surface area contributed by atoms with E-state index in [9.17, 15) is 18.8 Å². The summed E-state index contributed by atoms with van der Waals surface area (Å²) in [6.07, 6.45) is 4.50. The summed E-state index contributed by atoms with van der Waals surface area (Å²) in [6.45, 7) is 1.05. The standard InChI is InChI=1S/C24H21BrClFN2O4S/c25-17-10-15(11-18(26)22(17)33-14-16-6-2-3-7-19(16)27)12-20-23(31)29(24(32)34-20)13-21(30)28-8-4-1-5-9-28/h2-3,6-7,10-12H,1,4-5,8-9,13-14H2/b20-12-. The Bertz CT molecular complexity index is 1150. The van der Waals surface area contributed by atoms with E-state index in [2.05, 4.69) is 15.9 Å². The highest BCUT2D eigenvalue weighted by molar-refractivity contribution is 9.10. The monoisotopic (exact) mass is 566 g/mol. The zero-order valence-electron chi connectivity index (χ0n) is 18.1. The van der Waals surface area contributed by atoms with Crippen molar-refractivity contribution in [1.82, 2.24) is 9.80 Å². The highest BCUT2D eigenvalue weighted by atomic mass is 79.9. The van der Waals surface area contributed by atoms with Gasteiger partial charge in [0.25, 0.3) is 11.1 Å². The van der Waals surface area contributed by atoms with Gasteiger partial charge < -0.3 is 9.64 Å². The first kappa shape index (κ1) is 24.8. The van der Waals surface area contributed by atoms with Crippen LogP contribution in [-0.4, -0.2) is 46.5 Å². The van der Waals surface area contributed by atoms with Gasteiger partial charge in [-0.15, -0.1) is 0 Å². The highest BCUT2D eigenvalue weighted by Gasteiger charge is 2.37. The number of thioether (sulfide) groups is 1. The van der Waals surface area contributed by atoms with E-state index in [1.54, 1.807) is 41.3 Å². The number of nitrogens with zero attached hydrogens (tertiary/aromatic N) is 2. The number of carbonyl (C=O) groups excluding carboxylic acids is 3. The topological polar surface area (TPSA) is 66.9 Å². The molecule has 0 unspecified atom stereocenters. The van der Waals surface area contributed by atoms with Crippen molar-refractivity contribution >= 4 is 62.4 Å². The Kier molecular flexibility index (Phi) is 7.95. The van der Waals surface area contributed by atoms with Crippen molar-refractivity contribution in [3.63, 3.8) is 0 Å². The number of imide groups is 1. The molecule has 178 valence electrons. The van der Waals surface area contributed by atoms with Crippen molar-refractivity contribution in [3.8, 4) is 5.75 Å². The predicted molar refractivity (Wildman–Crippen MR) is 133 cm³/mol. The molecule has 0 saturated carbocycles. The van der Waals surface area contributed by atoms with Gasteiger partial charge in [-0.2, -0.15) is 0 Å². The molecule has 0 aromatic heterocycles. The average Bonchev–Trinajstić information content (AvgIpc) is 3.07. The largest absolute Gasteiger partial charge is 0.486 e. The Labute approximate surface area is 214 Å². The molecule has 10 heteroatoms. The van der Waals surface area contributed by atoms with Crippen molar-refractivity contribution in [2.75, 3.05) is 19.6 Å². The molecule has 2 aliphatic heterocycles. The molecule has 0 radical (unpaired) electrons. The SMILES string of the molecule is O=C(CN1C(=O)S/C(=C\c2cc(Cl)c(OCc3ccccc3F)c(Br)c2)C1=O)N1CCCCC1. The lowest BCUT2D eigenvalue weighted by atomic mass is 10.1. The second-order valence-corrected chi connectivity index (χ2v) is 10.2. The van der Waals surface area contributed by atoms with Crippen LogP contribution in [-0.2, 0) is 16.2 Å². The zero-order chi connectivity index (χ0) is 24.2. The van der Waals surface area contributed by atoms with Gasteiger partial charge in [0.05, 0.1) is 14.4 Å². The molecule has 0 aliphatic carbocycles. The summed E-state index contributed by atoms with van der Waals surface area (Å²) in [6, 6.07) is 9.57. The van der Waals surface area contributed by atoms with Crippen molar-refractivity contribution in [1.29, 1.82) is 0 Å². The summed E-state index contributed by atoms with van der Waals surface area (Å²) in [7, 11) is 0. The van der Waals surface area contributed by atoms with Crippen molar-refractivity contribution in [2.45, 2.75) is 25.9 Å². The van der Waals surface area contributed by atoms with Gasteiger partial charge in [0.15, 0.2) is 5.75 Å². The summed E-state index contributed by atoms with van der Waals surface area (Å²) in [5.74, 6) is -0.763. The van der Waals surface area contributed by atoms with E-state index in [-0.39, 0.29) is 34.8 Å². The number of likely N-dealkylation sites (tertiary alicyclic amines) is 1. The number of rotatable bonds is 6. The van der Waals surface area contributed by atoms with Crippen LogP contribution < -0.4 is 4.74 Å². The Hall–Kier alpha value is -2.36. The molecule has 34 heavy (non-hydrogen) atoms. The lowest BCUT2D eigenvalue weighted by Gasteiger charge is -2.27. The predicted octanol–water partition coefficient (Wildman–Crippen LogP) is 5.87. The first-order chi connectivity index (χ1) is 16.3. The van der Waals surface area contributed by atoms with Crippen LogP contribution in [0.25, 0.3) is 6.08 Å². The lowest BCUT2D eigenvalue weighted by molar-refractivity contribution is -0.136. The Morgan fingerprint density at radius 1 is 1.18 bits per heavy atom. The minimum absolute atomic E-state index is 0.00568. The molecule has 0 spiro atoms. The summed E-state index contributed by atoms with van der Waals surface area (Å²) in [5, 5.41) is -0.215. The minimum atomic E-state index is -0.507. The maximum absolute atomic E-state index is 13.8. The van der Waals surface area contributed by atoms with Gasteiger partial charge in [0.1, 0.15) is 19.0 Å². The van der Waals surface area contributed by atoms with Crippen molar-refractivity contribution in [2.24, 2.45) is 0 Å². The van der Waals surface area contributed by atoms with E-state index in [4.69, 9.17) is 16.3 Å². The Morgan fingerprint density at radius 2 is 1.91 bits per heavy atom. The van der Waals surface area contributed by atoms with Crippen LogP contribution in [0.15, 0.2) is 45.8 Å². The first-order valence-electron chi connectivity index (χ1n) is 10.7. The molecule has 2 aliphatic rings. The fraction of sp³-hybridized carbons (Fsp3) is 0.292. The molecule has 2 saturated heterocycles. The van der Waals surface area contributed by atoms with Crippen LogP contribution in [0.1, 0.15) is 30.4 Å². The third-order valence-corrected chi connectivity index (χ3v) is 7.30. The average molecular weight is 568 g/mol. The molecule has 2 aromatic carbocycles. The zero-order valence-corrected chi connectivity index (χ0v) is 21.2. The van der Waals surface area contributed by atoms with E-state index in [0.29, 0.717) is 34.4 Å². The summed E-state index contributed by atoms with van der Waals surface area (Å²) >= 11 is 10.6. The number of carbonyl (C=O) groups is 3. The molecular weight excluding hydrogens is 547 g/mol. The number of benzene rings is 2. The maximum Gasteiger partial charge on any atom is 0.294 e. The molecule has 3 amide bonds. The molecule has 4 rings (SSSR count). The molecule has 6 nitrogen and oxygen atoms in total. The normalized spacial score (nSPS) is 17.6. The molecular formula is C24H21BrClFN2O4S. The summed E-state index contributed by atoms with van der Waals surface area (Å²) in [5.41, 5.74) is 0.963. The number of hydrogen-bond donors (Lipinski definition) is 0. The summed E-state index contributed by atoms with van der Waals surface area (Å²) < 4.78 is 20.1. The van der Waals surface area contributed by atoms with Crippen molar-refractivity contribution in [3.05, 3.63) is 67.7 Å². The van der Waals surface area contributed by atoms with Gasteiger partial charge in [-0.05, 0) is 76.8 Å². The van der Waals surface area contributed by atoms with Gasteiger partial charge in [-0.25, -0.2) is 4.39 Å². The van der Waals surface area contributed by atoms with E-state index >= 15 is 0 Å². The van der Waals surface area contributed by atoms with Gasteiger partial charge in [0, 0.05) is 18.7 Å². The summed E-state index contributed by atoms with van der Waals surface area (Å²) in [4.78, 5) is 40.6. The fourth-order valence-corrected chi connectivity index (χ4v) is 5.56. The lowest BCUT2D eigenvalue weighted by Crippen LogP contribution is -2.44. The van der Waals surface area contributed by atoms with Crippen LogP contribution >= 0.6 is 39.3 Å².